The molecule has 0 radical (unpaired) electrons. The molecule has 0 aromatic heterocycles. The van der Waals surface area contributed by atoms with Crippen molar-refractivity contribution in [3.05, 3.63) is 35.9 Å². The molecule has 2 unspecified atom stereocenters. The van der Waals surface area contributed by atoms with E-state index in [1.807, 2.05) is 30.3 Å². The zero-order valence-electron chi connectivity index (χ0n) is 24.1. The highest BCUT2D eigenvalue weighted by Gasteiger charge is 2.44. The Morgan fingerprint density at radius 2 is 1.58 bits per heavy atom. The van der Waals surface area contributed by atoms with Gasteiger partial charge in [-0.05, 0) is 44.5 Å². The quantitative estimate of drug-likeness (QED) is 0.344. The molecule has 1 saturated heterocycles. The van der Waals surface area contributed by atoms with Crippen molar-refractivity contribution in [2.24, 2.45) is 0 Å². The molecule has 10 nitrogen and oxygen atoms in total. The van der Waals surface area contributed by atoms with Gasteiger partial charge in [-0.2, -0.15) is 0 Å². The maximum Gasteiger partial charge on any atom is 0.408 e. The molecule has 2 atom stereocenters. The smallest absolute Gasteiger partial charge is 0.408 e. The Bertz CT molecular complexity index is 936. The number of amides is 2. The van der Waals surface area contributed by atoms with Crippen molar-refractivity contribution in [3.8, 4) is 0 Å². The number of hydrogen-bond acceptors (Lipinski definition) is 7. The van der Waals surface area contributed by atoms with Gasteiger partial charge in [0.1, 0.15) is 12.2 Å². The topological polar surface area (TPSA) is 118 Å². The number of nitrogens with zero attached hydrogens (tertiary/aromatic N) is 2. The second kappa shape index (κ2) is 12.9. The zero-order chi connectivity index (χ0) is 28.7. The van der Waals surface area contributed by atoms with Crippen molar-refractivity contribution in [3.63, 3.8) is 0 Å². The minimum absolute atomic E-state index is 0.0519. The molecule has 0 bridgehead atoms. The summed E-state index contributed by atoms with van der Waals surface area (Å²) in [6.07, 6.45) is -2.42. The first-order chi connectivity index (χ1) is 17.5. The lowest BCUT2D eigenvalue weighted by atomic mass is 10.1. The summed E-state index contributed by atoms with van der Waals surface area (Å²) in [5, 5.41) is 11.9. The Hall–Kier alpha value is -2.63. The molecule has 1 aromatic carbocycles. The van der Waals surface area contributed by atoms with Crippen LogP contribution in [0.5, 0.6) is 0 Å². The highest BCUT2D eigenvalue weighted by atomic mass is 28.4. The molecule has 11 heteroatoms. The minimum atomic E-state index is -2.41. The lowest BCUT2D eigenvalue weighted by Crippen LogP contribution is -2.60. The van der Waals surface area contributed by atoms with Gasteiger partial charge in [-0.3, -0.25) is 4.90 Å². The number of hydrogen-bond donors (Lipinski definition) is 2. The molecular weight excluding hydrogens is 506 g/mol. The van der Waals surface area contributed by atoms with E-state index in [0.29, 0.717) is 32.7 Å². The van der Waals surface area contributed by atoms with Crippen molar-refractivity contribution in [2.45, 2.75) is 84.0 Å². The highest BCUT2D eigenvalue weighted by Crippen LogP contribution is 2.38. The van der Waals surface area contributed by atoms with Crippen LogP contribution < -0.4 is 5.32 Å². The van der Waals surface area contributed by atoms with Crippen LogP contribution in [-0.2, 0) is 25.3 Å². The van der Waals surface area contributed by atoms with E-state index in [2.05, 4.69) is 44.1 Å². The number of benzene rings is 1. The van der Waals surface area contributed by atoms with E-state index in [4.69, 9.17) is 13.9 Å². The average molecular weight is 552 g/mol. The fraction of sp³-hybridized carbons (Fsp3) is 0.667. The van der Waals surface area contributed by atoms with Crippen LogP contribution in [0.4, 0.5) is 9.59 Å². The average Bonchev–Trinajstić information content (AvgIpc) is 2.79. The van der Waals surface area contributed by atoms with Gasteiger partial charge in [0.05, 0.1) is 6.10 Å². The van der Waals surface area contributed by atoms with E-state index in [1.54, 1.807) is 20.8 Å². The second-order valence-corrected chi connectivity index (χ2v) is 17.0. The SMILES string of the molecule is CC(C)(C)OC(=O)NC(C(=O)OCc1ccccc1)C(CN1CCN(C(=O)O)CC1)O[Si](C)(C)C(C)(C)C. The number of esters is 1. The first-order valence-corrected chi connectivity index (χ1v) is 16.0. The van der Waals surface area contributed by atoms with Gasteiger partial charge in [0.25, 0.3) is 0 Å². The molecular formula is C27H45N3O7Si. The van der Waals surface area contributed by atoms with Gasteiger partial charge in [-0.1, -0.05) is 51.1 Å². The van der Waals surface area contributed by atoms with E-state index >= 15 is 0 Å². The van der Waals surface area contributed by atoms with Gasteiger partial charge < -0.3 is 29.2 Å². The monoisotopic (exact) mass is 551 g/mol. The standard InChI is InChI=1S/C27H45N3O7Si/c1-26(2,3)36-24(32)28-22(23(31)35-19-20-12-10-9-11-13-20)21(37-38(7,8)27(4,5)6)18-29-14-16-30(17-15-29)25(33)34/h9-13,21-22H,14-19H2,1-8H3,(H,28,32)(H,33,34). The van der Waals surface area contributed by atoms with Crippen LogP contribution in [0.25, 0.3) is 0 Å². The fourth-order valence-corrected chi connectivity index (χ4v) is 5.02. The number of carbonyl (C=O) groups excluding carboxylic acids is 2. The van der Waals surface area contributed by atoms with E-state index in [-0.39, 0.29) is 11.6 Å². The molecule has 0 spiro atoms. The first kappa shape index (κ1) is 31.6. The van der Waals surface area contributed by atoms with Crippen LogP contribution in [-0.4, -0.2) is 91.9 Å². The summed E-state index contributed by atoms with van der Waals surface area (Å²) in [6.45, 7) is 17.8. The summed E-state index contributed by atoms with van der Waals surface area (Å²) in [6, 6.07) is 8.19. The molecule has 1 aliphatic heterocycles. The van der Waals surface area contributed by atoms with Gasteiger partial charge in [-0.15, -0.1) is 0 Å². The first-order valence-electron chi connectivity index (χ1n) is 13.1. The number of ether oxygens (including phenoxy) is 2. The maximum atomic E-state index is 13.5. The van der Waals surface area contributed by atoms with Crippen molar-refractivity contribution >= 4 is 26.5 Å². The van der Waals surface area contributed by atoms with Gasteiger partial charge in [0.2, 0.25) is 0 Å². The van der Waals surface area contributed by atoms with Crippen molar-refractivity contribution in [2.75, 3.05) is 32.7 Å². The van der Waals surface area contributed by atoms with E-state index < -0.39 is 44.2 Å². The predicted octanol–water partition coefficient (Wildman–Crippen LogP) is 4.31. The second-order valence-electron chi connectivity index (χ2n) is 12.2. The number of carbonyl (C=O) groups is 3. The zero-order valence-corrected chi connectivity index (χ0v) is 25.1. The Balaban J connectivity index is 2.33. The third-order valence-electron chi connectivity index (χ3n) is 6.86. The molecule has 1 fully saturated rings. The van der Waals surface area contributed by atoms with Crippen LogP contribution in [0, 0.1) is 0 Å². The van der Waals surface area contributed by atoms with E-state index in [0.717, 1.165) is 5.56 Å². The summed E-state index contributed by atoms with van der Waals surface area (Å²) in [4.78, 5) is 41.2. The van der Waals surface area contributed by atoms with Crippen molar-refractivity contribution in [1.29, 1.82) is 0 Å². The fourth-order valence-electron chi connectivity index (χ4n) is 3.70. The summed E-state index contributed by atoms with van der Waals surface area (Å²) >= 11 is 0. The Morgan fingerprint density at radius 3 is 2.08 bits per heavy atom. The molecule has 2 N–H and O–H groups in total. The van der Waals surface area contributed by atoms with Gasteiger partial charge in [0.15, 0.2) is 14.4 Å². The molecule has 2 amide bonds. The summed E-state index contributed by atoms with van der Waals surface area (Å²) in [5.41, 5.74) is 0.0643. The van der Waals surface area contributed by atoms with Gasteiger partial charge in [0, 0.05) is 32.7 Å². The molecule has 1 aliphatic rings. The summed E-state index contributed by atoms with van der Waals surface area (Å²) in [5.74, 6) is -0.618. The number of piperazine rings is 1. The van der Waals surface area contributed by atoms with Crippen LogP contribution in [0.15, 0.2) is 30.3 Å². The molecule has 1 aromatic rings. The summed E-state index contributed by atoms with van der Waals surface area (Å²) < 4.78 is 17.9. The van der Waals surface area contributed by atoms with Crippen molar-refractivity contribution in [1.82, 2.24) is 15.1 Å². The van der Waals surface area contributed by atoms with Crippen LogP contribution >= 0.6 is 0 Å². The third kappa shape index (κ3) is 9.92. The Labute approximate surface area is 227 Å². The van der Waals surface area contributed by atoms with E-state index in [9.17, 15) is 19.5 Å². The van der Waals surface area contributed by atoms with E-state index in [1.165, 1.54) is 4.90 Å². The Kier molecular flexibility index (Phi) is 10.8. The molecule has 1 heterocycles. The van der Waals surface area contributed by atoms with Crippen LogP contribution in [0.2, 0.25) is 18.1 Å². The number of nitrogens with one attached hydrogen (secondary N) is 1. The molecule has 0 saturated carbocycles. The lowest BCUT2D eigenvalue weighted by molar-refractivity contribution is -0.150. The lowest BCUT2D eigenvalue weighted by Gasteiger charge is -2.43. The molecule has 214 valence electrons. The minimum Gasteiger partial charge on any atom is -0.465 e. The number of alkyl carbamates (subject to hydrolysis) is 1. The highest BCUT2D eigenvalue weighted by molar-refractivity contribution is 6.74. The third-order valence-corrected chi connectivity index (χ3v) is 11.4. The largest absolute Gasteiger partial charge is 0.465 e. The Morgan fingerprint density at radius 1 is 1.00 bits per heavy atom. The molecule has 38 heavy (non-hydrogen) atoms. The molecule has 0 aliphatic carbocycles. The van der Waals surface area contributed by atoms with Gasteiger partial charge >= 0.3 is 18.2 Å². The summed E-state index contributed by atoms with van der Waals surface area (Å²) in [7, 11) is -2.41. The number of carboxylic acid groups (broad SMARTS) is 1. The number of rotatable bonds is 9. The van der Waals surface area contributed by atoms with Crippen LogP contribution in [0.3, 0.4) is 0 Å². The normalized spacial score (nSPS) is 16.9. The van der Waals surface area contributed by atoms with Crippen LogP contribution in [0.1, 0.15) is 47.1 Å². The van der Waals surface area contributed by atoms with Crippen molar-refractivity contribution < 1.29 is 33.4 Å². The maximum absolute atomic E-state index is 13.5. The van der Waals surface area contributed by atoms with Gasteiger partial charge in [-0.25, -0.2) is 14.4 Å². The predicted molar refractivity (Wildman–Crippen MR) is 148 cm³/mol. The molecule has 2 rings (SSSR count).